The molecule has 138 valence electrons. The molecule has 2 aromatic rings. The van der Waals surface area contributed by atoms with Crippen molar-refractivity contribution in [2.75, 3.05) is 6.54 Å². The molecule has 0 bridgehead atoms. The third-order valence-electron chi connectivity index (χ3n) is 5.01. The van der Waals surface area contributed by atoms with Crippen LogP contribution in [-0.2, 0) is 16.8 Å². The molecule has 1 aliphatic carbocycles. The largest absolute Gasteiger partial charge is 0.378 e. The Morgan fingerprint density at radius 2 is 2.04 bits per heavy atom. The zero-order chi connectivity index (χ0) is 18.9. The Morgan fingerprint density at radius 3 is 2.65 bits per heavy atom. The molecule has 26 heavy (non-hydrogen) atoms. The van der Waals surface area contributed by atoms with Crippen molar-refractivity contribution in [1.29, 1.82) is 0 Å². The van der Waals surface area contributed by atoms with Crippen molar-refractivity contribution in [1.82, 2.24) is 9.88 Å². The van der Waals surface area contributed by atoms with Crippen molar-refractivity contribution in [3.63, 3.8) is 0 Å². The maximum Gasteiger partial charge on any atom is 0.253 e. The molecule has 1 aromatic carbocycles. The van der Waals surface area contributed by atoms with E-state index in [0.717, 1.165) is 18.4 Å². The molecular weight excluding hydrogens is 335 g/mol. The Balaban J connectivity index is 1.67. The number of carbonyl (C=O) groups is 1. The first kappa shape index (κ1) is 18.3. The molecule has 5 nitrogen and oxygen atoms in total. The van der Waals surface area contributed by atoms with Crippen molar-refractivity contribution in [2.24, 2.45) is 0 Å². The van der Waals surface area contributed by atoms with Crippen molar-refractivity contribution < 1.29 is 14.3 Å². The minimum absolute atomic E-state index is 0.148. The first-order valence-corrected chi connectivity index (χ1v) is 8.66. The SMILES string of the molecule is Cc1ccn(CC(C)(O)C(=O)NCC2(c3ccccc3F)CC2)c(=O)c1. The van der Waals surface area contributed by atoms with Gasteiger partial charge in [-0.15, -0.1) is 0 Å². The van der Waals surface area contributed by atoms with E-state index in [1.807, 2.05) is 0 Å². The van der Waals surface area contributed by atoms with Gasteiger partial charge in [-0.25, -0.2) is 4.39 Å². The van der Waals surface area contributed by atoms with Crippen molar-refractivity contribution in [3.8, 4) is 0 Å². The van der Waals surface area contributed by atoms with Gasteiger partial charge in [0.1, 0.15) is 5.82 Å². The summed E-state index contributed by atoms with van der Waals surface area (Å²) in [6.07, 6.45) is 3.13. The minimum atomic E-state index is -1.75. The summed E-state index contributed by atoms with van der Waals surface area (Å²) in [5.41, 5.74) is -1.02. The Hall–Kier alpha value is -2.47. The predicted octanol–water partition coefficient (Wildman–Crippen LogP) is 1.89. The van der Waals surface area contributed by atoms with Crippen LogP contribution >= 0.6 is 0 Å². The number of aryl methyl sites for hydroxylation is 1. The molecule has 2 N–H and O–H groups in total. The Kier molecular flexibility index (Phi) is 4.71. The fourth-order valence-electron chi connectivity index (χ4n) is 3.16. The number of nitrogens with zero attached hydrogens (tertiary/aromatic N) is 1. The molecule has 1 saturated carbocycles. The third-order valence-corrected chi connectivity index (χ3v) is 5.01. The first-order chi connectivity index (χ1) is 12.2. The zero-order valence-electron chi connectivity index (χ0n) is 15.0. The predicted molar refractivity (Wildman–Crippen MR) is 96.4 cm³/mol. The molecular formula is C20H23FN2O3. The molecule has 3 rings (SSSR count). The Bertz CT molecular complexity index is 885. The highest BCUT2D eigenvalue weighted by Gasteiger charge is 2.46. The van der Waals surface area contributed by atoms with Gasteiger partial charge in [-0.3, -0.25) is 9.59 Å². The van der Waals surface area contributed by atoms with Crippen LogP contribution in [0.15, 0.2) is 47.4 Å². The van der Waals surface area contributed by atoms with E-state index in [9.17, 15) is 19.1 Å². The van der Waals surface area contributed by atoms with Gasteiger partial charge in [0, 0.05) is 24.2 Å². The Morgan fingerprint density at radius 1 is 1.35 bits per heavy atom. The van der Waals surface area contributed by atoms with Crippen LogP contribution in [-0.4, -0.2) is 27.7 Å². The number of hydrogen-bond donors (Lipinski definition) is 2. The molecule has 0 saturated heterocycles. The number of benzene rings is 1. The molecule has 6 heteroatoms. The number of pyridine rings is 1. The van der Waals surface area contributed by atoms with Gasteiger partial charge in [0.15, 0.2) is 5.60 Å². The van der Waals surface area contributed by atoms with Crippen LogP contribution in [0.4, 0.5) is 4.39 Å². The highest BCUT2D eigenvalue weighted by Crippen LogP contribution is 2.48. The van der Waals surface area contributed by atoms with E-state index in [1.165, 1.54) is 23.6 Å². The minimum Gasteiger partial charge on any atom is -0.378 e. The lowest BCUT2D eigenvalue weighted by molar-refractivity contribution is -0.139. The molecule has 1 fully saturated rings. The number of nitrogens with one attached hydrogen (secondary N) is 1. The zero-order valence-corrected chi connectivity index (χ0v) is 15.0. The number of aliphatic hydroxyl groups is 1. The van der Waals surface area contributed by atoms with Gasteiger partial charge in [-0.1, -0.05) is 18.2 Å². The standard InChI is InChI=1S/C20H23FN2O3/c1-14-7-10-23(17(24)11-14)13-19(2,26)18(25)22-12-20(8-9-20)15-5-3-4-6-16(15)21/h3-7,10-11,26H,8-9,12-13H2,1-2H3,(H,22,25). The van der Waals surface area contributed by atoms with Crippen molar-refractivity contribution >= 4 is 5.91 Å². The van der Waals surface area contributed by atoms with Crippen LogP contribution < -0.4 is 10.9 Å². The van der Waals surface area contributed by atoms with Gasteiger partial charge in [0.2, 0.25) is 0 Å². The van der Waals surface area contributed by atoms with Crippen LogP contribution in [0, 0.1) is 12.7 Å². The van der Waals surface area contributed by atoms with Crippen LogP contribution in [0.3, 0.4) is 0 Å². The summed E-state index contributed by atoms with van der Waals surface area (Å²) >= 11 is 0. The van der Waals surface area contributed by atoms with Gasteiger partial charge in [0.25, 0.3) is 11.5 Å². The third kappa shape index (κ3) is 3.70. The van der Waals surface area contributed by atoms with Crippen LogP contribution in [0.2, 0.25) is 0 Å². The molecule has 0 radical (unpaired) electrons. The lowest BCUT2D eigenvalue weighted by Gasteiger charge is -2.25. The molecule has 1 unspecified atom stereocenters. The number of rotatable bonds is 6. The van der Waals surface area contributed by atoms with E-state index < -0.39 is 16.9 Å². The smallest absolute Gasteiger partial charge is 0.253 e. The second-order valence-electron chi connectivity index (χ2n) is 7.39. The molecule has 1 atom stereocenters. The molecule has 0 aliphatic heterocycles. The maximum atomic E-state index is 14.0. The maximum absolute atomic E-state index is 14.0. The van der Waals surface area contributed by atoms with E-state index in [2.05, 4.69) is 5.32 Å². The number of carbonyl (C=O) groups excluding carboxylic acids is 1. The van der Waals surface area contributed by atoms with E-state index in [0.29, 0.717) is 5.56 Å². The fraction of sp³-hybridized carbons (Fsp3) is 0.400. The fourth-order valence-corrected chi connectivity index (χ4v) is 3.16. The molecule has 1 heterocycles. The summed E-state index contributed by atoms with van der Waals surface area (Å²) in [4.78, 5) is 24.4. The van der Waals surface area contributed by atoms with Gasteiger partial charge in [-0.05, 0) is 49.9 Å². The van der Waals surface area contributed by atoms with Crippen LogP contribution in [0.25, 0.3) is 0 Å². The number of halogens is 1. The number of aromatic nitrogens is 1. The second kappa shape index (κ2) is 6.68. The average Bonchev–Trinajstić information content (AvgIpc) is 3.36. The summed E-state index contributed by atoms with van der Waals surface area (Å²) in [6, 6.07) is 9.76. The van der Waals surface area contributed by atoms with Gasteiger partial charge < -0.3 is 15.0 Å². The quantitative estimate of drug-likeness (QED) is 0.828. The van der Waals surface area contributed by atoms with Gasteiger partial charge in [0.05, 0.1) is 6.54 Å². The molecule has 0 spiro atoms. The van der Waals surface area contributed by atoms with E-state index in [1.54, 1.807) is 37.4 Å². The van der Waals surface area contributed by atoms with Crippen LogP contribution in [0.5, 0.6) is 0 Å². The summed E-state index contributed by atoms with van der Waals surface area (Å²) in [7, 11) is 0. The Labute approximate surface area is 151 Å². The second-order valence-corrected chi connectivity index (χ2v) is 7.39. The molecule has 1 aromatic heterocycles. The van der Waals surface area contributed by atoms with Gasteiger partial charge in [-0.2, -0.15) is 0 Å². The lowest BCUT2D eigenvalue weighted by Crippen LogP contribution is -2.50. The topological polar surface area (TPSA) is 71.3 Å². The van der Waals surface area contributed by atoms with E-state index in [-0.39, 0.29) is 24.5 Å². The normalized spacial score (nSPS) is 17.4. The summed E-state index contributed by atoms with van der Waals surface area (Å²) in [5.74, 6) is -0.857. The van der Waals surface area contributed by atoms with Crippen LogP contribution in [0.1, 0.15) is 30.9 Å². The number of amides is 1. The van der Waals surface area contributed by atoms with E-state index >= 15 is 0 Å². The monoisotopic (exact) mass is 358 g/mol. The van der Waals surface area contributed by atoms with Crippen molar-refractivity contribution in [3.05, 3.63) is 69.9 Å². The van der Waals surface area contributed by atoms with Gasteiger partial charge >= 0.3 is 0 Å². The lowest BCUT2D eigenvalue weighted by atomic mass is 9.94. The summed E-state index contributed by atoms with van der Waals surface area (Å²) in [5, 5.41) is 13.3. The summed E-state index contributed by atoms with van der Waals surface area (Å²) < 4.78 is 15.3. The first-order valence-electron chi connectivity index (χ1n) is 8.66. The highest BCUT2D eigenvalue weighted by molar-refractivity contribution is 5.84. The highest BCUT2D eigenvalue weighted by atomic mass is 19.1. The molecule has 1 amide bonds. The number of hydrogen-bond acceptors (Lipinski definition) is 3. The van der Waals surface area contributed by atoms with Crippen molar-refractivity contribution in [2.45, 2.75) is 44.2 Å². The summed E-state index contributed by atoms with van der Waals surface area (Å²) in [6.45, 7) is 3.28. The molecule has 1 aliphatic rings. The average molecular weight is 358 g/mol. The van der Waals surface area contributed by atoms with E-state index in [4.69, 9.17) is 0 Å².